The fraction of sp³-hybridized carbons (Fsp3) is 0.222. The number of hydrogen-bond donors (Lipinski definition) is 1. The van der Waals surface area contributed by atoms with Crippen molar-refractivity contribution in [2.75, 3.05) is 19.5 Å². The van der Waals surface area contributed by atoms with Gasteiger partial charge in [-0.15, -0.1) is 0 Å². The highest BCUT2D eigenvalue weighted by atomic mass is 35.5. The SMILES string of the molecule is CNc1cc(Cl)nc2c(C(=O)OC)onc12. The van der Waals surface area contributed by atoms with E-state index in [-0.39, 0.29) is 16.4 Å². The van der Waals surface area contributed by atoms with Crippen molar-refractivity contribution in [1.29, 1.82) is 0 Å². The van der Waals surface area contributed by atoms with Crippen LogP contribution in [0.25, 0.3) is 11.0 Å². The maximum absolute atomic E-state index is 11.3. The van der Waals surface area contributed by atoms with Crippen LogP contribution in [-0.2, 0) is 4.74 Å². The number of nitrogens with one attached hydrogen (secondary N) is 1. The lowest BCUT2D eigenvalue weighted by molar-refractivity contribution is 0.0557. The van der Waals surface area contributed by atoms with Crippen LogP contribution < -0.4 is 5.32 Å². The highest BCUT2D eigenvalue weighted by Crippen LogP contribution is 2.26. The molecule has 0 unspecified atom stereocenters. The molecule has 0 amide bonds. The van der Waals surface area contributed by atoms with Gasteiger partial charge in [-0.3, -0.25) is 0 Å². The van der Waals surface area contributed by atoms with E-state index in [0.29, 0.717) is 11.2 Å². The minimum atomic E-state index is -0.640. The van der Waals surface area contributed by atoms with Gasteiger partial charge in [0.15, 0.2) is 5.52 Å². The molecule has 0 spiro atoms. The molecule has 2 aromatic rings. The van der Waals surface area contributed by atoms with Crippen LogP contribution in [0.1, 0.15) is 10.6 Å². The summed E-state index contributed by atoms with van der Waals surface area (Å²) in [6.07, 6.45) is 0. The zero-order chi connectivity index (χ0) is 11.7. The number of ether oxygens (including phenoxy) is 1. The van der Waals surface area contributed by atoms with Gasteiger partial charge in [0.25, 0.3) is 5.76 Å². The summed E-state index contributed by atoms with van der Waals surface area (Å²) in [6, 6.07) is 1.59. The van der Waals surface area contributed by atoms with E-state index in [2.05, 4.69) is 20.2 Å². The number of halogens is 1. The summed E-state index contributed by atoms with van der Waals surface area (Å²) in [5.74, 6) is -0.698. The van der Waals surface area contributed by atoms with Crippen molar-refractivity contribution >= 4 is 34.3 Å². The van der Waals surface area contributed by atoms with Crippen molar-refractivity contribution in [3.63, 3.8) is 0 Å². The minimum absolute atomic E-state index is 0.0588. The second-order valence-electron chi connectivity index (χ2n) is 2.94. The van der Waals surface area contributed by atoms with Crippen molar-refractivity contribution in [2.24, 2.45) is 0 Å². The maximum Gasteiger partial charge on any atom is 0.379 e. The third kappa shape index (κ3) is 1.57. The van der Waals surface area contributed by atoms with Crippen molar-refractivity contribution in [3.8, 4) is 0 Å². The number of nitrogens with zero attached hydrogens (tertiary/aromatic N) is 2. The number of aromatic nitrogens is 2. The smallest absolute Gasteiger partial charge is 0.379 e. The van der Waals surface area contributed by atoms with Gasteiger partial charge >= 0.3 is 5.97 Å². The van der Waals surface area contributed by atoms with E-state index in [0.717, 1.165) is 0 Å². The molecule has 1 N–H and O–H groups in total. The number of anilines is 1. The molecule has 84 valence electrons. The van der Waals surface area contributed by atoms with Gasteiger partial charge in [0.05, 0.1) is 12.8 Å². The van der Waals surface area contributed by atoms with Gasteiger partial charge in [0.1, 0.15) is 10.7 Å². The Labute approximate surface area is 95.5 Å². The lowest BCUT2D eigenvalue weighted by Crippen LogP contribution is -2.00. The zero-order valence-electron chi connectivity index (χ0n) is 8.57. The summed E-state index contributed by atoms with van der Waals surface area (Å²) in [5.41, 5.74) is 1.35. The Morgan fingerprint density at radius 1 is 1.56 bits per heavy atom. The van der Waals surface area contributed by atoms with Crippen molar-refractivity contribution in [1.82, 2.24) is 10.1 Å². The quantitative estimate of drug-likeness (QED) is 0.637. The van der Waals surface area contributed by atoms with Crippen LogP contribution in [0.4, 0.5) is 5.69 Å². The van der Waals surface area contributed by atoms with Crippen molar-refractivity contribution in [2.45, 2.75) is 0 Å². The Morgan fingerprint density at radius 2 is 2.31 bits per heavy atom. The van der Waals surface area contributed by atoms with Crippen LogP contribution >= 0.6 is 11.6 Å². The molecular weight excluding hydrogens is 234 g/mol. The van der Waals surface area contributed by atoms with Crippen LogP contribution in [0.5, 0.6) is 0 Å². The summed E-state index contributed by atoms with van der Waals surface area (Å²) in [4.78, 5) is 15.3. The van der Waals surface area contributed by atoms with Crippen LogP contribution in [0, 0.1) is 0 Å². The lowest BCUT2D eigenvalue weighted by Gasteiger charge is -2.00. The van der Waals surface area contributed by atoms with Gasteiger partial charge < -0.3 is 14.6 Å². The molecular formula is C9H8ClN3O3. The third-order valence-electron chi connectivity index (χ3n) is 2.04. The van der Waals surface area contributed by atoms with E-state index in [1.54, 1.807) is 13.1 Å². The van der Waals surface area contributed by atoms with E-state index in [4.69, 9.17) is 16.1 Å². The topological polar surface area (TPSA) is 77.2 Å². The summed E-state index contributed by atoms with van der Waals surface area (Å²) in [5, 5.41) is 6.86. The normalized spacial score (nSPS) is 10.4. The first-order chi connectivity index (χ1) is 7.67. The predicted octanol–water partition coefficient (Wildman–Crippen LogP) is 1.70. The average molecular weight is 242 g/mol. The third-order valence-corrected chi connectivity index (χ3v) is 2.24. The van der Waals surface area contributed by atoms with Gasteiger partial charge in [0.2, 0.25) is 0 Å². The summed E-state index contributed by atoms with van der Waals surface area (Å²) in [6.45, 7) is 0. The molecule has 6 nitrogen and oxygen atoms in total. The van der Waals surface area contributed by atoms with Gasteiger partial charge in [-0.25, -0.2) is 9.78 Å². The molecule has 2 rings (SSSR count). The number of carbonyl (C=O) groups is 1. The molecule has 0 aliphatic heterocycles. The van der Waals surface area contributed by atoms with Crippen LogP contribution in [0.2, 0.25) is 5.15 Å². The standard InChI is InChI=1S/C9H8ClN3O3/c1-11-4-3-5(10)12-7-6(4)13-16-8(7)9(14)15-2/h3,11H,1-2H3. The summed E-state index contributed by atoms with van der Waals surface area (Å²) >= 11 is 5.81. The Hall–Kier alpha value is -1.82. The van der Waals surface area contributed by atoms with E-state index in [1.807, 2.05) is 0 Å². The molecule has 0 saturated carbocycles. The van der Waals surface area contributed by atoms with E-state index in [1.165, 1.54) is 7.11 Å². The molecule has 0 bridgehead atoms. The summed E-state index contributed by atoms with van der Waals surface area (Å²) < 4.78 is 9.42. The number of hydrogen-bond acceptors (Lipinski definition) is 6. The first-order valence-corrected chi connectivity index (χ1v) is 4.77. The van der Waals surface area contributed by atoms with Crippen molar-refractivity contribution < 1.29 is 14.1 Å². The number of methoxy groups -OCH3 is 1. The Bertz CT molecular complexity index is 552. The second-order valence-corrected chi connectivity index (χ2v) is 3.33. The largest absolute Gasteiger partial charge is 0.463 e. The number of fused-ring (bicyclic) bond motifs is 1. The first kappa shape index (κ1) is 10.7. The average Bonchev–Trinajstić information content (AvgIpc) is 2.70. The van der Waals surface area contributed by atoms with Gasteiger partial charge in [-0.1, -0.05) is 16.8 Å². The zero-order valence-corrected chi connectivity index (χ0v) is 9.33. The predicted molar refractivity (Wildman–Crippen MR) is 57.7 cm³/mol. The fourth-order valence-corrected chi connectivity index (χ4v) is 1.50. The molecule has 0 atom stereocenters. The molecule has 0 radical (unpaired) electrons. The molecule has 0 fully saturated rings. The monoisotopic (exact) mass is 241 g/mol. The molecule has 0 saturated heterocycles. The lowest BCUT2D eigenvalue weighted by atomic mass is 10.3. The molecule has 0 aliphatic rings. The Kier molecular flexibility index (Phi) is 2.66. The fourth-order valence-electron chi connectivity index (χ4n) is 1.31. The molecule has 2 heterocycles. The first-order valence-electron chi connectivity index (χ1n) is 4.39. The highest BCUT2D eigenvalue weighted by molar-refractivity contribution is 6.30. The van der Waals surface area contributed by atoms with E-state index < -0.39 is 5.97 Å². The van der Waals surface area contributed by atoms with Gasteiger partial charge in [-0.05, 0) is 0 Å². The van der Waals surface area contributed by atoms with E-state index >= 15 is 0 Å². The number of pyridine rings is 1. The van der Waals surface area contributed by atoms with Gasteiger partial charge in [0, 0.05) is 13.1 Å². The highest BCUT2D eigenvalue weighted by Gasteiger charge is 2.21. The van der Waals surface area contributed by atoms with Crippen LogP contribution in [0.3, 0.4) is 0 Å². The molecule has 0 aromatic carbocycles. The molecule has 0 aliphatic carbocycles. The van der Waals surface area contributed by atoms with Crippen LogP contribution in [0.15, 0.2) is 10.6 Å². The summed E-state index contributed by atoms with van der Waals surface area (Å²) in [7, 11) is 2.96. The van der Waals surface area contributed by atoms with Crippen LogP contribution in [-0.4, -0.2) is 30.3 Å². The van der Waals surface area contributed by atoms with Gasteiger partial charge in [-0.2, -0.15) is 0 Å². The van der Waals surface area contributed by atoms with Crippen molar-refractivity contribution in [3.05, 3.63) is 17.0 Å². The Balaban J connectivity index is 2.72. The number of carbonyl (C=O) groups excluding carboxylic acids is 1. The molecule has 2 aromatic heterocycles. The Morgan fingerprint density at radius 3 is 2.94 bits per heavy atom. The van der Waals surface area contributed by atoms with E-state index in [9.17, 15) is 4.79 Å². The minimum Gasteiger partial charge on any atom is -0.463 e. The molecule has 7 heteroatoms. The second kappa shape index (κ2) is 3.97. The maximum atomic E-state index is 11.3. The number of esters is 1. The number of rotatable bonds is 2. The molecule has 16 heavy (non-hydrogen) atoms.